The van der Waals surface area contributed by atoms with E-state index in [4.69, 9.17) is 4.74 Å². The van der Waals surface area contributed by atoms with Crippen LogP contribution in [0, 0.1) is 5.92 Å². The van der Waals surface area contributed by atoms with E-state index in [1.165, 1.54) is 0 Å². The predicted molar refractivity (Wildman–Crippen MR) is 78.9 cm³/mol. The minimum atomic E-state index is -4.42. The van der Waals surface area contributed by atoms with E-state index in [1.807, 2.05) is 13.8 Å². The number of nitrogens with zero attached hydrogens (tertiary/aromatic N) is 2. The molecule has 2 heterocycles. The van der Waals surface area contributed by atoms with Gasteiger partial charge >= 0.3 is 6.18 Å². The van der Waals surface area contributed by atoms with Crippen molar-refractivity contribution in [3.63, 3.8) is 0 Å². The number of halogens is 3. The summed E-state index contributed by atoms with van der Waals surface area (Å²) in [7, 11) is 0. The van der Waals surface area contributed by atoms with Crippen molar-refractivity contribution in [1.82, 2.24) is 9.88 Å². The number of likely N-dealkylation sites (tertiary alicyclic amines) is 1. The molecule has 2 unspecified atom stereocenters. The third-order valence-electron chi connectivity index (χ3n) is 4.07. The first-order valence-electron chi connectivity index (χ1n) is 7.77. The molecule has 4 nitrogen and oxygen atoms in total. The smallest absolute Gasteiger partial charge is 0.416 e. The fourth-order valence-corrected chi connectivity index (χ4v) is 2.44. The second-order valence-corrected chi connectivity index (χ2v) is 5.97. The Morgan fingerprint density at radius 2 is 2.26 bits per heavy atom. The normalized spacial score (nSPS) is 19.7. The van der Waals surface area contributed by atoms with E-state index in [1.54, 1.807) is 4.90 Å². The largest absolute Gasteiger partial charge is 0.472 e. The van der Waals surface area contributed by atoms with E-state index in [2.05, 4.69) is 4.98 Å². The summed E-state index contributed by atoms with van der Waals surface area (Å²) >= 11 is 0. The number of pyridine rings is 1. The lowest BCUT2D eigenvalue weighted by Crippen LogP contribution is -2.31. The lowest BCUT2D eigenvalue weighted by atomic mass is 10.0. The Hall–Kier alpha value is -1.79. The van der Waals surface area contributed by atoms with Gasteiger partial charge in [-0.25, -0.2) is 4.98 Å². The second-order valence-electron chi connectivity index (χ2n) is 5.97. The van der Waals surface area contributed by atoms with Crippen LogP contribution in [-0.2, 0) is 11.0 Å². The van der Waals surface area contributed by atoms with Crippen LogP contribution in [0.25, 0.3) is 0 Å². The lowest BCUT2D eigenvalue weighted by Gasteiger charge is -2.19. The molecule has 2 rings (SSSR count). The SMILES string of the molecule is CCC(C)CC(=O)N1CCC(Oc2cc(C(F)(F)F)ccn2)C1. The first-order chi connectivity index (χ1) is 10.8. The van der Waals surface area contributed by atoms with Gasteiger partial charge in [-0.1, -0.05) is 20.3 Å². The van der Waals surface area contributed by atoms with Crippen LogP contribution in [-0.4, -0.2) is 35.0 Å². The van der Waals surface area contributed by atoms with E-state index in [9.17, 15) is 18.0 Å². The minimum absolute atomic E-state index is 0.0546. The highest BCUT2D eigenvalue weighted by Crippen LogP contribution is 2.31. The van der Waals surface area contributed by atoms with E-state index in [0.717, 1.165) is 24.8 Å². The third kappa shape index (κ3) is 4.84. The average Bonchev–Trinajstić information content (AvgIpc) is 2.95. The fraction of sp³-hybridized carbons (Fsp3) is 0.625. The van der Waals surface area contributed by atoms with E-state index in [-0.39, 0.29) is 17.9 Å². The monoisotopic (exact) mass is 330 g/mol. The van der Waals surface area contributed by atoms with Crippen LogP contribution in [0.1, 0.15) is 38.7 Å². The van der Waals surface area contributed by atoms with Crippen LogP contribution in [0.4, 0.5) is 13.2 Å². The number of rotatable bonds is 5. The molecule has 0 saturated carbocycles. The maximum atomic E-state index is 12.7. The number of hydrogen-bond donors (Lipinski definition) is 0. The minimum Gasteiger partial charge on any atom is -0.472 e. The summed E-state index contributed by atoms with van der Waals surface area (Å²) in [6.45, 7) is 5.02. The molecular formula is C16H21F3N2O2. The molecular weight excluding hydrogens is 309 g/mol. The zero-order chi connectivity index (χ0) is 17.0. The van der Waals surface area contributed by atoms with Crippen molar-refractivity contribution in [3.8, 4) is 5.88 Å². The van der Waals surface area contributed by atoms with Crippen molar-refractivity contribution >= 4 is 5.91 Å². The van der Waals surface area contributed by atoms with Crippen LogP contribution in [0.2, 0.25) is 0 Å². The molecule has 1 aromatic rings. The first-order valence-corrected chi connectivity index (χ1v) is 7.77. The maximum Gasteiger partial charge on any atom is 0.416 e. The summed E-state index contributed by atoms with van der Waals surface area (Å²) in [4.78, 5) is 17.6. The van der Waals surface area contributed by atoms with Crippen molar-refractivity contribution in [2.75, 3.05) is 13.1 Å². The molecule has 2 atom stereocenters. The maximum absolute atomic E-state index is 12.7. The van der Waals surface area contributed by atoms with Crippen molar-refractivity contribution in [3.05, 3.63) is 23.9 Å². The van der Waals surface area contributed by atoms with Crippen LogP contribution in [0.3, 0.4) is 0 Å². The van der Waals surface area contributed by atoms with Gasteiger partial charge in [-0.05, 0) is 12.0 Å². The number of carbonyl (C=O) groups is 1. The highest BCUT2D eigenvalue weighted by atomic mass is 19.4. The van der Waals surface area contributed by atoms with Gasteiger partial charge in [-0.15, -0.1) is 0 Å². The number of ether oxygens (including phenoxy) is 1. The van der Waals surface area contributed by atoms with Gasteiger partial charge in [0.15, 0.2) is 0 Å². The van der Waals surface area contributed by atoms with Gasteiger partial charge < -0.3 is 9.64 Å². The quantitative estimate of drug-likeness (QED) is 0.830. The molecule has 7 heteroatoms. The van der Waals surface area contributed by atoms with Crippen LogP contribution >= 0.6 is 0 Å². The van der Waals surface area contributed by atoms with Gasteiger partial charge in [0.2, 0.25) is 11.8 Å². The topological polar surface area (TPSA) is 42.4 Å². The summed E-state index contributed by atoms with van der Waals surface area (Å²) in [5.74, 6) is 0.344. The van der Waals surface area contributed by atoms with Gasteiger partial charge in [0, 0.05) is 31.6 Å². The average molecular weight is 330 g/mol. The Bertz CT molecular complexity index is 548. The Labute approximate surface area is 133 Å². The summed E-state index contributed by atoms with van der Waals surface area (Å²) in [5, 5.41) is 0. The number of hydrogen-bond acceptors (Lipinski definition) is 3. The Morgan fingerprint density at radius 3 is 2.91 bits per heavy atom. The number of aromatic nitrogens is 1. The van der Waals surface area contributed by atoms with Crippen LogP contribution in [0.15, 0.2) is 18.3 Å². The van der Waals surface area contributed by atoms with Crippen molar-refractivity contribution in [2.24, 2.45) is 5.92 Å². The van der Waals surface area contributed by atoms with E-state index < -0.39 is 11.7 Å². The highest BCUT2D eigenvalue weighted by Gasteiger charge is 2.32. The summed E-state index contributed by atoms with van der Waals surface area (Å²) in [5.41, 5.74) is -0.787. The fourth-order valence-electron chi connectivity index (χ4n) is 2.44. The van der Waals surface area contributed by atoms with E-state index in [0.29, 0.717) is 31.8 Å². The summed E-state index contributed by atoms with van der Waals surface area (Å²) < 4.78 is 43.5. The predicted octanol–water partition coefficient (Wildman–Crippen LogP) is 3.52. The Morgan fingerprint density at radius 1 is 1.52 bits per heavy atom. The number of alkyl halides is 3. The molecule has 0 N–H and O–H groups in total. The van der Waals surface area contributed by atoms with Gasteiger partial charge in [0.1, 0.15) is 6.10 Å². The van der Waals surface area contributed by atoms with Gasteiger partial charge in [-0.3, -0.25) is 4.79 Å². The molecule has 0 spiro atoms. The lowest BCUT2D eigenvalue weighted by molar-refractivity contribution is -0.137. The Balaban J connectivity index is 1.92. The molecule has 128 valence electrons. The standard InChI is InChI=1S/C16H21F3N2O2/c1-3-11(2)8-15(22)21-7-5-13(10-21)23-14-9-12(4-6-20-14)16(17,18)19/h4,6,9,11,13H,3,5,7-8,10H2,1-2H3. The molecule has 1 aliphatic rings. The third-order valence-corrected chi connectivity index (χ3v) is 4.07. The Kier molecular flexibility index (Phi) is 5.49. The van der Waals surface area contributed by atoms with Crippen LogP contribution in [0.5, 0.6) is 5.88 Å². The molecule has 0 aromatic carbocycles. The molecule has 1 fully saturated rings. The molecule has 1 aliphatic heterocycles. The first kappa shape index (κ1) is 17.6. The molecule has 0 aliphatic carbocycles. The summed E-state index contributed by atoms with van der Waals surface area (Å²) in [6.07, 6.45) is -1.62. The second kappa shape index (κ2) is 7.19. The van der Waals surface area contributed by atoms with Crippen molar-refractivity contribution < 1.29 is 22.7 Å². The molecule has 1 saturated heterocycles. The molecule has 1 aromatic heterocycles. The highest BCUT2D eigenvalue weighted by molar-refractivity contribution is 5.76. The molecule has 23 heavy (non-hydrogen) atoms. The van der Waals surface area contributed by atoms with Crippen LogP contribution < -0.4 is 4.74 Å². The van der Waals surface area contributed by atoms with Gasteiger partial charge in [0.25, 0.3) is 0 Å². The van der Waals surface area contributed by atoms with Gasteiger partial charge in [0.05, 0.1) is 12.1 Å². The van der Waals surface area contributed by atoms with Gasteiger partial charge in [-0.2, -0.15) is 13.2 Å². The summed E-state index contributed by atoms with van der Waals surface area (Å²) in [6, 6.07) is 1.80. The zero-order valence-corrected chi connectivity index (χ0v) is 13.3. The van der Waals surface area contributed by atoms with Crippen molar-refractivity contribution in [2.45, 2.75) is 45.4 Å². The number of carbonyl (C=O) groups excluding carboxylic acids is 1. The van der Waals surface area contributed by atoms with Crippen molar-refractivity contribution in [1.29, 1.82) is 0 Å². The molecule has 1 amide bonds. The molecule has 0 radical (unpaired) electrons. The zero-order valence-electron chi connectivity index (χ0n) is 13.3. The number of amides is 1. The molecule has 0 bridgehead atoms. The van der Waals surface area contributed by atoms with E-state index >= 15 is 0 Å².